The maximum absolute atomic E-state index is 5.63. The van der Waals surface area contributed by atoms with Crippen LogP contribution in [0.4, 0.5) is 52.9 Å². The lowest BCUT2D eigenvalue weighted by Crippen LogP contribution is -2.14. The van der Waals surface area contributed by atoms with Crippen molar-refractivity contribution in [3.63, 3.8) is 0 Å². The molecule has 1 atom stereocenters. The fraction of sp³-hybridized carbons (Fsp3) is 0.113. The van der Waals surface area contributed by atoms with Crippen LogP contribution in [0.1, 0.15) is 56.3 Å². The van der Waals surface area contributed by atoms with E-state index in [9.17, 15) is 0 Å². The quantitative estimate of drug-likeness (QED) is 0.0521. The predicted octanol–water partition coefficient (Wildman–Crippen LogP) is 13.9. The monoisotopic (exact) mass is 1060 g/mol. The number of pyridine rings is 5. The van der Waals surface area contributed by atoms with E-state index >= 15 is 0 Å². The lowest BCUT2D eigenvalue weighted by molar-refractivity contribution is 0.570. The molecule has 18 nitrogen and oxygen atoms in total. The number of hydrogen-bond acceptors (Lipinski definition) is 14. The number of H-pyrrole nitrogens is 4. The number of anilines is 9. The molecule has 0 spiro atoms. The van der Waals surface area contributed by atoms with Crippen molar-refractivity contribution in [1.82, 2.24) is 64.8 Å². The number of rotatable bonds is 13. The molecule has 9 heterocycles. The molecule has 12 rings (SSSR count). The number of aromatic amines is 4. The zero-order valence-corrected chi connectivity index (χ0v) is 45.0. The molecule has 0 aliphatic heterocycles. The third-order valence-corrected chi connectivity index (χ3v) is 12.1. The molecule has 0 saturated heterocycles. The van der Waals surface area contributed by atoms with Crippen LogP contribution in [-0.2, 0) is 5.41 Å². The summed E-state index contributed by atoms with van der Waals surface area (Å²) in [6, 6.07) is 57.3. The van der Waals surface area contributed by atoms with Crippen molar-refractivity contribution in [2.24, 2.45) is 0 Å². The summed E-state index contributed by atoms with van der Waals surface area (Å²) < 4.78 is 0. The van der Waals surface area contributed by atoms with Gasteiger partial charge < -0.3 is 46.9 Å². The van der Waals surface area contributed by atoms with Gasteiger partial charge in [0, 0.05) is 52.6 Å². The van der Waals surface area contributed by atoms with Gasteiger partial charge in [0.15, 0.2) is 0 Å². The third kappa shape index (κ3) is 15.7. The van der Waals surface area contributed by atoms with Crippen molar-refractivity contribution in [2.45, 2.75) is 46.0 Å². The molecule has 18 heteroatoms. The Morgan fingerprint density at radius 1 is 0.412 bits per heavy atom. The van der Waals surface area contributed by atoms with E-state index in [2.05, 4.69) is 138 Å². The largest absolute Gasteiger partial charge is 0.384 e. The van der Waals surface area contributed by atoms with Gasteiger partial charge in [-0.05, 0) is 84.3 Å². The van der Waals surface area contributed by atoms with Crippen molar-refractivity contribution >= 4 is 52.9 Å². The van der Waals surface area contributed by atoms with E-state index in [1.54, 1.807) is 37.1 Å². The second kappa shape index (κ2) is 26.3. The SMILES string of the molecule is CC(C)(C)c1cccc(Nc2ncc(-c3cccnc3)[nH]2)n1.C[C@@H](c1ccccc1)c1cnc(Nc2ccccn2)[nH]1.Cc1cccc(Nc2ncc(-c3ccccc3)[nH]2)n1.Nc1cccc(Nc2ncc(-c3ccccc3)[nH]2)n1. The lowest BCUT2D eigenvalue weighted by Gasteiger charge is -2.18. The molecule has 80 heavy (non-hydrogen) atoms. The fourth-order valence-corrected chi connectivity index (χ4v) is 7.87. The first-order chi connectivity index (χ1) is 39.0. The molecule has 10 N–H and O–H groups in total. The molecule has 0 radical (unpaired) electrons. The molecule has 0 aliphatic rings. The molecule has 9 aromatic heterocycles. The van der Waals surface area contributed by atoms with Gasteiger partial charge in [-0.3, -0.25) is 4.98 Å². The average molecular weight is 1060 g/mol. The molecule has 0 amide bonds. The molecular formula is C62H62N18. The van der Waals surface area contributed by atoms with Crippen molar-refractivity contribution in [3.05, 3.63) is 242 Å². The number of imidazole rings is 4. The second-order valence-corrected chi connectivity index (χ2v) is 19.2. The van der Waals surface area contributed by atoms with E-state index in [1.807, 2.05) is 165 Å². The van der Waals surface area contributed by atoms with E-state index in [1.165, 1.54) is 5.56 Å². The van der Waals surface area contributed by atoms with Crippen LogP contribution in [0.15, 0.2) is 219 Å². The minimum absolute atomic E-state index is 0.0156. The smallest absolute Gasteiger partial charge is 0.206 e. The van der Waals surface area contributed by atoms with Gasteiger partial charge in [-0.1, -0.05) is 143 Å². The summed E-state index contributed by atoms with van der Waals surface area (Å²) in [6.07, 6.45) is 12.5. The van der Waals surface area contributed by atoms with Crippen molar-refractivity contribution in [3.8, 4) is 33.8 Å². The summed E-state index contributed by atoms with van der Waals surface area (Å²) in [5, 5.41) is 12.6. The minimum atomic E-state index is 0.0156. The maximum Gasteiger partial charge on any atom is 0.206 e. The highest BCUT2D eigenvalue weighted by Gasteiger charge is 2.16. The van der Waals surface area contributed by atoms with Gasteiger partial charge >= 0.3 is 0 Å². The van der Waals surface area contributed by atoms with Gasteiger partial charge in [0.1, 0.15) is 29.1 Å². The highest BCUT2D eigenvalue weighted by Crippen LogP contribution is 2.26. The van der Waals surface area contributed by atoms with Gasteiger partial charge in [-0.15, -0.1) is 0 Å². The Hall–Kier alpha value is -10.8. The van der Waals surface area contributed by atoms with Gasteiger partial charge in [0.05, 0.1) is 41.9 Å². The number of aryl methyl sites for hydroxylation is 1. The summed E-state index contributed by atoms with van der Waals surface area (Å²) >= 11 is 0. The Labute approximate surface area is 464 Å². The normalized spacial score (nSPS) is 11.1. The van der Waals surface area contributed by atoms with E-state index < -0.39 is 0 Å². The minimum Gasteiger partial charge on any atom is -0.384 e. The number of nitrogens with one attached hydrogen (secondary N) is 8. The molecule has 400 valence electrons. The summed E-state index contributed by atoms with van der Waals surface area (Å²) in [5.41, 5.74) is 16.0. The zero-order chi connectivity index (χ0) is 55.5. The van der Waals surface area contributed by atoms with E-state index in [-0.39, 0.29) is 11.3 Å². The first kappa shape index (κ1) is 54.1. The Kier molecular flexibility index (Phi) is 17.8. The Bertz CT molecular complexity index is 3640. The van der Waals surface area contributed by atoms with Gasteiger partial charge in [0.25, 0.3) is 0 Å². The number of nitrogens with zero attached hydrogens (tertiary/aromatic N) is 9. The van der Waals surface area contributed by atoms with Crippen molar-refractivity contribution in [1.29, 1.82) is 0 Å². The molecule has 0 saturated carbocycles. The second-order valence-electron chi connectivity index (χ2n) is 19.2. The van der Waals surface area contributed by atoms with Crippen LogP contribution in [0, 0.1) is 6.92 Å². The number of nitrogen functional groups attached to an aromatic ring is 1. The topological polar surface area (TPSA) is 253 Å². The summed E-state index contributed by atoms with van der Waals surface area (Å²) in [6.45, 7) is 10.6. The van der Waals surface area contributed by atoms with Crippen LogP contribution < -0.4 is 27.0 Å². The van der Waals surface area contributed by atoms with Crippen LogP contribution >= 0.6 is 0 Å². The molecule has 0 aliphatic carbocycles. The zero-order valence-electron chi connectivity index (χ0n) is 45.0. The number of benzene rings is 3. The summed E-state index contributed by atoms with van der Waals surface area (Å²) in [4.78, 5) is 51.7. The molecule has 0 unspecified atom stereocenters. The Morgan fingerprint density at radius 2 is 0.887 bits per heavy atom. The van der Waals surface area contributed by atoms with Crippen LogP contribution in [0.5, 0.6) is 0 Å². The highest BCUT2D eigenvalue weighted by atomic mass is 15.2. The van der Waals surface area contributed by atoms with Gasteiger partial charge in [0.2, 0.25) is 23.8 Å². The van der Waals surface area contributed by atoms with E-state index in [0.29, 0.717) is 35.4 Å². The van der Waals surface area contributed by atoms with Crippen molar-refractivity contribution < 1.29 is 0 Å². The standard InChI is InChI=1S/C17H19N5.C16H16N4.C15H14N4.C14H13N5/c1-17(2,3)14-7-4-8-15(21-14)22-16-19-11-13(20-16)12-6-5-9-18-10-12;1-12(13-7-3-2-4-8-13)14-11-18-16(19-14)20-15-9-5-6-10-17-15;1-11-6-5-9-14(17-11)19-15-16-10-13(18-15)12-7-3-2-4-8-12;15-12-7-4-8-13(18-12)19-14-16-9-11(17-14)10-5-2-1-3-6-10/h4-11H,1-3H3,(H2,19,20,21,22);2-12H,1H3,(H2,17,18,19,20);2-10H,1H3,(H2,16,17,18,19);1-9H,(H4,15,16,17,18,19)/t;12-;;/m.0../s1. The van der Waals surface area contributed by atoms with Crippen LogP contribution in [-0.4, -0.2) is 64.8 Å². The number of hydrogen-bond donors (Lipinski definition) is 9. The molecule has 12 aromatic rings. The first-order valence-electron chi connectivity index (χ1n) is 25.9. The molecule has 0 fully saturated rings. The molecular weight excluding hydrogens is 997 g/mol. The van der Waals surface area contributed by atoms with E-state index in [0.717, 1.165) is 68.3 Å². The summed E-state index contributed by atoms with van der Waals surface area (Å²) in [5.74, 6) is 6.46. The van der Waals surface area contributed by atoms with Crippen LogP contribution in [0.3, 0.4) is 0 Å². The predicted molar refractivity (Wildman–Crippen MR) is 320 cm³/mol. The first-order valence-corrected chi connectivity index (χ1v) is 25.9. The van der Waals surface area contributed by atoms with Crippen LogP contribution in [0.25, 0.3) is 33.8 Å². The molecule has 0 bridgehead atoms. The van der Waals surface area contributed by atoms with Crippen LogP contribution in [0.2, 0.25) is 0 Å². The van der Waals surface area contributed by atoms with Gasteiger partial charge in [-0.2, -0.15) is 0 Å². The third-order valence-electron chi connectivity index (χ3n) is 12.1. The number of nitrogens with two attached hydrogens (primary N) is 1. The Morgan fingerprint density at radius 3 is 1.43 bits per heavy atom. The maximum atomic E-state index is 5.63. The van der Waals surface area contributed by atoms with Crippen molar-refractivity contribution in [2.75, 3.05) is 27.0 Å². The summed E-state index contributed by atoms with van der Waals surface area (Å²) in [7, 11) is 0. The highest BCUT2D eigenvalue weighted by molar-refractivity contribution is 5.64. The number of aromatic nitrogens is 13. The van der Waals surface area contributed by atoms with E-state index in [4.69, 9.17) is 5.73 Å². The average Bonchev–Trinajstić information content (AvgIpc) is 4.35. The fourth-order valence-electron chi connectivity index (χ4n) is 7.87. The molecule has 3 aromatic carbocycles. The lowest BCUT2D eigenvalue weighted by atomic mass is 9.92. The Balaban J connectivity index is 0.000000129. The van der Waals surface area contributed by atoms with Gasteiger partial charge in [-0.25, -0.2) is 39.9 Å².